The van der Waals surface area contributed by atoms with Gasteiger partial charge in [-0.25, -0.2) is 0 Å². The molecule has 1 unspecified atom stereocenters. The number of carbonyl (C=O) groups excluding carboxylic acids is 3. The molecule has 0 fully saturated rings. The van der Waals surface area contributed by atoms with Crippen LogP contribution >= 0.6 is 0 Å². The van der Waals surface area contributed by atoms with Gasteiger partial charge in [0.1, 0.15) is 13.2 Å². The van der Waals surface area contributed by atoms with E-state index in [1.54, 1.807) is 0 Å². The average Bonchev–Trinajstić information content (AvgIpc) is 3.46. The zero-order valence-corrected chi connectivity index (χ0v) is 51.3. The van der Waals surface area contributed by atoms with Gasteiger partial charge in [-0.05, 0) is 148 Å². The number of unbranched alkanes of at least 4 members (excludes halogenated alkanes) is 17. The van der Waals surface area contributed by atoms with E-state index in [1.165, 1.54) is 64.2 Å². The molecule has 0 spiro atoms. The molecule has 6 nitrogen and oxygen atoms in total. The number of carbonyl (C=O) groups is 3. The fraction of sp³-hybridized carbons (Fsp3) is 0.581. The van der Waals surface area contributed by atoms with E-state index < -0.39 is 6.10 Å². The van der Waals surface area contributed by atoms with Gasteiger partial charge in [-0.1, -0.05) is 262 Å². The van der Waals surface area contributed by atoms with E-state index in [9.17, 15) is 14.4 Å². The van der Waals surface area contributed by atoms with Crippen molar-refractivity contribution in [1.29, 1.82) is 0 Å². The smallest absolute Gasteiger partial charge is 0.306 e. The molecule has 0 saturated carbocycles. The highest BCUT2D eigenvalue weighted by Crippen LogP contribution is 2.14. The standard InChI is InChI=1S/C74H116O6/c1-4-7-10-13-16-19-22-25-27-29-31-33-35-36-37-38-40-41-43-45-47-49-52-55-58-61-64-67-73(76)79-70-71(69-78-72(75)66-63-60-57-54-51-24-21-18-15-12-9-6-3)80-74(77)68-65-62-59-56-53-50-48-46-44-42-39-34-32-30-28-26-23-20-17-14-11-8-5-2/h7-8,10-11,16-21,25-28,31-34,36-37,40-42,44,48,50,56,59,71H,4-6,9,12-15,22-24,29-30,35,38-39,43,45-47,49,51-55,57-58,60-70H2,1-3H3/b10-7-,11-8-,19-16-,20-17-,21-18-,27-25-,28-26-,33-31-,34-32-,37-36-,41-40-,44-42-,50-48-,59-56-. The maximum absolute atomic E-state index is 12.9. The topological polar surface area (TPSA) is 78.9 Å². The van der Waals surface area contributed by atoms with Crippen LogP contribution in [0, 0.1) is 0 Å². The molecule has 0 aliphatic rings. The summed E-state index contributed by atoms with van der Waals surface area (Å²) >= 11 is 0. The first-order chi connectivity index (χ1) is 39.5. The van der Waals surface area contributed by atoms with Crippen LogP contribution in [0.4, 0.5) is 0 Å². The molecule has 1 atom stereocenters. The highest BCUT2D eigenvalue weighted by Gasteiger charge is 2.19. The van der Waals surface area contributed by atoms with Gasteiger partial charge in [0.2, 0.25) is 0 Å². The Morgan fingerprint density at radius 3 is 0.812 bits per heavy atom. The van der Waals surface area contributed by atoms with Crippen LogP contribution < -0.4 is 0 Å². The molecule has 0 aromatic carbocycles. The fourth-order valence-corrected chi connectivity index (χ4v) is 8.19. The minimum atomic E-state index is -0.826. The highest BCUT2D eigenvalue weighted by atomic mass is 16.6. The van der Waals surface area contributed by atoms with Crippen molar-refractivity contribution in [2.75, 3.05) is 13.2 Å². The molecule has 80 heavy (non-hydrogen) atoms. The Morgan fingerprint density at radius 2 is 0.500 bits per heavy atom. The van der Waals surface area contributed by atoms with E-state index in [4.69, 9.17) is 14.2 Å². The molecular weight excluding hydrogens is 985 g/mol. The number of allylic oxidation sites excluding steroid dienone is 28. The quantitative estimate of drug-likeness (QED) is 0.0261. The van der Waals surface area contributed by atoms with Crippen molar-refractivity contribution in [3.8, 4) is 0 Å². The van der Waals surface area contributed by atoms with Gasteiger partial charge in [0.15, 0.2) is 6.10 Å². The average molecular weight is 1100 g/mol. The minimum Gasteiger partial charge on any atom is -0.462 e. The van der Waals surface area contributed by atoms with Crippen molar-refractivity contribution in [3.05, 3.63) is 170 Å². The summed E-state index contributed by atoms with van der Waals surface area (Å²) in [7, 11) is 0. The number of ether oxygens (including phenoxy) is 3. The first-order valence-corrected chi connectivity index (χ1v) is 32.1. The van der Waals surface area contributed by atoms with Crippen LogP contribution in [0.25, 0.3) is 0 Å². The molecule has 0 aliphatic heterocycles. The van der Waals surface area contributed by atoms with Crippen LogP contribution in [0.15, 0.2) is 170 Å². The molecule has 0 rings (SSSR count). The molecule has 0 heterocycles. The Hall–Kier alpha value is -5.23. The van der Waals surface area contributed by atoms with Gasteiger partial charge in [0.25, 0.3) is 0 Å². The largest absolute Gasteiger partial charge is 0.462 e. The van der Waals surface area contributed by atoms with Gasteiger partial charge in [-0.15, -0.1) is 0 Å². The first kappa shape index (κ1) is 74.8. The molecule has 0 aliphatic carbocycles. The molecule has 0 N–H and O–H groups in total. The lowest BCUT2D eigenvalue weighted by Crippen LogP contribution is -2.30. The van der Waals surface area contributed by atoms with Crippen LogP contribution in [-0.4, -0.2) is 37.2 Å². The maximum atomic E-state index is 12.9. The van der Waals surface area contributed by atoms with E-state index in [1.807, 2.05) is 0 Å². The SMILES string of the molecule is CC/C=C\C/C=C\C/C=C\C/C=C\C/C=C\C/C=C\C/C=C\CCCC(=O)OC(COC(=O)CCCCCCC/C=C\CCCCC)COC(=O)CCCCCCCCCC/C=C\C/C=C\C/C=C\C/C=C\C/C=C\C/C=C\CC. The normalized spacial score (nSPS) is 13.3. The molecule has 0 saturated heterocycles. The van der Waals surface area contributed by atoms with Crippen molar-refractivity contribution in [2.45, 2.75) is 264 Å². The molecule has 0 amide bonds. The second-order valence-electron chi connectivity index (χ2n) is 20.5. The fourth-order valence-electron chi connectivity index (χ4n) is 8.19. The Bertz CT molecular complexity index is 1840. The summed E-state index contributed by atoms with van der Waals surface area (Å²) in [6, 6.07) is 0. The molecular formula is C74H116O6. The minimum absolute atomic E-state index is 0.115. The van der Waals surface area contributed by atoms with Crippen LogP contribution in [0.1, 0.15) is 258 Å². The molecule has 6 heteroatoms. The van der Waals surface area contributed by atoms with Crippen molar-refractivity contribution < 1.29 is 28.6 Å². The van der Waals surface area contributed by atoms with Gasteiger partial charge in [-0.2, -0.15) is 0 Å². The van der Waals surface area contributed by atoms with Crippen LogP contribution in [0.5, 0.6) is 0 Å². The summed E-state index contributed by atoms with van der Waals surface area (Å²) in [5, 5.41) is 0. The highest BCUT2D eigenvalue weighted by molar-refractivity contribution is 5.71. The lowest BCUT2D eigenvalue weighted by atomic mass is 10.1. The van der Waals surface area contributed by atoms with E-state index in [0.29, 0.717) is 19.3 Å². The summed E-state index contributed by atoms with van der Waals surface area (Å²) in [6.07, 6.45) is 97.9. The third-order valence-corrected chi connectivity index (χ3v) is 12.9. The summed E-state index contributed by atoms with van der Waals surface area (Å²) in [6.45, 7) is 6.32. The first-order valence-electron chi connectivity index (χ1n) is 32.1. The lowest BCUT2D eigenvalue weighted by molar-refractivity contribution is -0.167. The Balaban J connectivity index is 4.46. The summed E-state index contributed by atoms with van der Waals surface area (Å²) in [5.74, 6) is -0.998. The van der Waals surface area contributed by atoms with Gasteiger partial charge in [-0.3, -0.25) is 14.4 Å². The summed E-state index contributed by atoms with van der Waals surface area (Å²) < 4.78 is 16.8. The number of hydrogen-bond acceptors (Lipinski definition) is 6. The van der Waals surface area contributed by atoms with E-state index in [2.05, 4.69) is 191 Å². The Kier molecular flexibility index (Phi) is 61.9. The predicted octanol–water partition coefficient (Wildman–Crippen LogP) is 22.3. The van der Waals surface area contributed by atoms with Gasteiger partial charge in [0, 0.05) is 19.3 Å². The predicted molar refractivity (Wildman–Crippen MR) is 348 cm³/mol. The van der Waals surface area contributed by atoms with E-state index in [-0.39, 0.29) is 37.5 Å². The lowest BCUT2D eigenvalue weighted by Gasteiger charge is -2.18. The second kappa shape index (κ2) is 66.3. The van der Waals surface area contributed by atoms with Crippen LogP contribution in [0.3, 0.4) is 0 Å². The summed E-state index contributed by atoms with van der Waals surface area (Å²) in [5.41, 5.74) is 0. The third-order valence-electron chi connectivity index (χ3n) is 12.9. The maximum Gasteiger partial charge on any atom is 0.306 e. The second-order valence-corrected chi connectivity index (χ2v) is 20.5. The molecule has 0 aromatic rings. The van der Waals surface area contributed by atoms with Crippen LogP contribution in [0.2, 0.25) is 0 Å². The number of esters is 3. The van der Waals surface area contributed by atoms with Crippen molar-refractivity contribution in [2.24, 2.45) is 0 Å². The zero-order valence-electron chi connectivity index (χ0n) is 51.3. The zero-order chi connectivity index (χ0) is 57.8. The Labute approximate surface area is 492 Å². The molecule has 448 valence electrons. The van der Waals surface area contributed by atoms with E-state index >= 15 is 0 Å². The van der Waals surface area contributed by atoms with E-state index in [0.717, 1.165) is 148 Å². The molecule has 0 bridgehead atoms. The molecule has 0 radical (unpaired) electrons. The van der Waals surface area contributed by atoms with Crippen molar-refractivity contribution >= 4 is 17.9 Å². The van der Waals surface area contributed by atoms with Gasteiger partial charge >= 0.3 is 17.9 Å². The number of rotatable bonds is 56. The summed E-state index contributed by atoms with van der Waals surface area (Å²) in [4.78, 5) is 38.3. The Morgan fingerprint density at radius 1 is 0.263 bits per heavy atom. The van der Waals surface area contributed by atoms with Crippen molar-refractivity contribution in [1.82, 2.24) is 0 Å². The monoisotopic (exact) mass is 1100 g/mol. The van der Waals surface area contributed by atoms with Gasteiger partial charge in [0.05, 0.1) is 0 Å². The third kappa shape index (κ3) is 63.6. The van der Waals surface area contributed by atoms with Crippen LogP contribution in [-0.2, 0) is 28.6 Å². The molecule has 0 aromatic heterocycles. The van der Waals surface area contributed by atoms with Crippen molar-refractivity contribution in [3.63, 3.8) is 0 Å². The van der Waals surface area contributed by atoms with Gasteiger partial charge < -0.3 is 14.2 Å². The number of hydrogen-bond donors (Lipinski definition) is 0.